The average molecular weight is 227 g/mol. The Balaban J connectivity index is 2.48. The number of carbonyl (C=O) groups excluding carboxylic acids is 2. The molecule has 84 valence electrons. The van der Waals surface area contributed by atoms with E-state index in [2.05, 4.69) is 9.97 Å². The Labute approximate surface area is 97.3 Å². The van der Waals surface area contributed by atoms with Crippen LogP contribution in [0.3, 0.4) is 0 Å². The molecule has 2 heterocycles. The van der Waals surface area contributed by atoms with E-state index < -0.39 is 5.91 Å². The van der Waals surface area contributed by atoms with Crippen molar-refractivity contribution in [1.29, 1.82) is 0 Å². The van der Waals surface area contributed by atoms with Crippen LogP contribution in [0.4, 0.5) is 0 Å². The molecule has 0 spiro atoms. The van der Waals surface area contributed by atoms with Gasteiger partial charge in [0.1, 0.15) is 5.69 Å². The van der Waals surface area contributed by atoms with Crippen molar-refractivity contribution in [3.8, 4) is 0 Å². The normalized spacial score (nSPS) is 9.88. The fourth-order valence-electron chi connectivity index (χ4n) is 1.42. The molecular formula is C12H9N3O2. The van der Waals surface area contributed by atoms with Crippen LogP contribution in [0.15, 0.2) is 42.9 Å². The number of nitrogens with two attached hydrogens (primary N) is 1. The lowest BCUT2D eigenvalue weighted by Gasteiger charge is -2.03. The highest BCUT2D eigenvalue weighted by molar-refractivity contribution is 6.13. The Hall–Kier alpha value is -2.56. The first-order valence-corrected chi connectivity index (χ1v) is 4.89. The zero-order valence-electron chi connectivity index (χ0n) is 8.83. The summed E-state index contributed by atoms with van der Waals surface area (Å²) in [7, 11) is 0. The molecule has 1 amide bonds. The molecular weight excluding hydrogens is 218 g/mol. The van der Waals surface area contributed by atoms with E-state index in [1.54, 1.807) is 24.4 Å². The van der Waals surface area contributed by atoms with Gasteiger partial charge in [0.05, 0.1) is 5.56 Å². The molecule has 5 nitrogen and oxygen atoms in total. The van der Waals surface area contributed by atoms with Crippen LogP contribution in [-0.4, -0.2) is 21.7 Å². The Morgan fingerprint density at radius 1 is 1.12 bits per heavy atom. The molecule has 2 aromatic rings. The maximum absolute atomic E-state index is 12.1. The third-order valence-electron chi connectivity index (χ3n) is 2.21. The Morgan fingerprint density at radius 2 is 1.88 bits per heavy atom. The first-order chi connectivity index (χ1) is 8.20. The molecule has 5 heteroatoms. The van der Waals surface area contributed by atoms with Crippen molar-refractivity contribution in [3.05, 3.63) is 59.7 Å². The van der Waals surface area contributed by atoms with Gasteiger partial charge in [0.25, 0.3) is 5.91 Å². The van der Waals surface area contributed by atoms with Crippen molar-refractivity contribution >= 4 is 11.7 Å². The monoisotopic (exact) mass is 227 g/mol. The molecule has 2 rings (SSSR count). The number of amides is 1. The zero-order chi connectivity index (χ0) is 12.3. The van der Waals surface area contributed by atoms with Crippen LogP contribution < -0.4 is 5.73 Å². The van der Waals surface area contributed by atoms with E-state index in [0.717, 1.165) is 0 Å². The predicted molar refractivity (Wildman–Crippen MR) is 60.4 cm³/mol. The number of pyridine rings is 2. The van der Waals surface area contributed by atoms with Crippen molar-refractivity contribution in [2.24, 2.45) is 5.73 Å². The minimum Gasteiger partial charge on any atom is -0.366 e. The molecule has 2 N–H and O–H groups in total. The van der Waals surface area contributed by atoms with Gasteiger partial charge in [0.2, 0.25) is 5.78 Å². The Bertz CT molecular complexity index is 567. The summed E-state index contributed by atoms with van der Waals surface area (Å²) in [5, 5.41) is 0. The van der Waals surface area contributed by atoms with Crippen LogP contribution >= 0.6 is 0 Å². The van der Waals surface area contributed by atoms with E-state index in [1.807, 2.05) is 0 Å². The third-order valence-corrected chi connectivity index (χ3v) is 2.21. The first-order valence-electron chi connectivity index (χ1n) is 4.89. The number of aromatic nitrogens is 2. The Morgan fingerprint density at radius 3 is 2.53 bits per heavy atom. The van der Waals surface area contributed by atoms with Gasteiger partial charge in [-0.25, -0.2) is 0 Å². The number of primary amides is 1. The molecule has 0 aliphatic heterocycles. The van der Waals surface area contributed by atoms with Gasteiger partial charge in [-0.2, -0.15) is 0 Å². The molecule has 0 saturated carbocycles. The summed E-state index contributed by atoms with van der Waals surface area (Å²) >= 11 is 0. The third kappa shape index (κ3) is 2.17. The molecule has 0 bridgehead atoms. The fraction of sp³-hybridized carbons (Fsp3) is 0. The molecule has 2 aromatic heterocycles. The highest BCUT2D eigenvalue weighted by Gasteiger charge is 2.17. The van der Waals surface area contributed by atoms with Crippen molar-refractivity contribution < 1.29 is 9.59 Å². The summed E-state index contributed by atoms with van der Waals surface area (Å²) in [6.45, 7) is 0. The van der Waals surface area contributed by atoms with E-state index >= 15 is 0 Å². The number of hydrogen-bond donors (Lipinski definition) is 1. The smallest absolute Gasteiger partial charge is 0.251 e. The number of nitrogens with zero attached hydrogens (tertiary/aromatic N) is 2. The van der Waals surface area contributed by atoms with Crippen molar-refractivity contribution in [3.63, 3.8) is 0 Å². The quantitative estimate of drug-likeness (QED) is 0.786. The largest absolute Gasteiger partial charge is 0.366 e. The molecule has 0 aliphatic rings. The lowest BCUT2D eigenvalue weighted by molar-refractivity contribution is 0.0978. The number of ketones is 1. The minimum atomic E-state index is -0.676. The van der Waals surface area contributed by atoms with Crippen LogP contribution in [0.25, 0.3) is 0 Å². The summed E-state index contributed by atoms with van der Waals surface area (Å²) in [6, 6.07) is 6.27. The van der Waals surface area contributed by atoms with Gasteiger partial charge in [-0.1, -0.05) is 0 Å². The van der Waals surface area contributed by atoms with Crippen molar-refractivity contribution in [1.82, 2.24) is 9.97 Å². The number of rotatable bonds is 3. The second kappa shape index (κ2) is 4.52. The van der Waals surface area contributed by atoms with E-state index in [-0.39, 0.29) is 17.0 Å². The molecule has 0 unspecified atom stereocenters. The van der Waals surface area contributed by atoms with Gasteiger partial charge in [-0.3, -0.25) is 19.6 Å². The van der Waals surface area contributed by atoms with E-state index in [4.69, 9.17) is 5.73 Å². The molecule has 0 saturated heterocycles. The standard InChI is InChI=1S/C12H9N3O2/c13-12(17)9-4-2-6-15-10(9)11(16)8-3-1-5-14-7-8/h1-7H,(H2,13,17). The molecule has 0 fully saturated rings. The number of carbonyl (C=O) groups is 2. The average Bonchev–Trinajstić information content (AvgIpc) is 2.39. The summed E-state index contributed by atoms with van der Waals surface area (Å²) in [4.78, 5) is 31.0. The van der Waals surface area contributed by atoms with E-state index in [1.165, 1.54) is 18.5 Å². The van der Waals surface area contributed by atoms with Gasteiger partial charge in [0, 0.05) is 24.2 Å². The first kappa shape index (κ1) is 10.9. The van der Waals surface area contributed by atoms with Crippen LogP contribution in [-0.2, 0) is 0 Å². The topological polar surface area (TPSA) is 85.9 Å². The fourth-order valence-corrected chi connectivity index (χ4v) is 1.42. The summed E-state index contributed by atoms with van der Waals surface area (Å²) < 4.78 is 0. The highest BCUT2D eigenvalue weighted by atomic mass is 16.1. The lowest BCUT2D eigenvalue weighted by atomic mass is 10.1. The van der Waals surface area contributed by atoms with Gasteiger partial charge < -0.3 is 5.73 Å². The Kier molecular flexibility index (Phi) is 2.91. The molecule has 0 aliphatic carbocycles. The van der Waals surface area contributed by atoms with Gasteiger partial charge >= 0.3 is 0 Å². The second-order valence-corrected chi connectivity index (χ2v) is 3.33. The minimum absolute atomic E-state index is 0.0491. The molecule has 0 aromatic carbocycles. The number of hydrogen-bond acceptors (Lipinski definition) is 4. The highest BCUT2D eigenvalue weighted by Crippen LogP contribution is 2.10. The van der Waals surface area contributed by atoms with Crippen LogP contribution in [0.5, 0.6) is 0 Å². The molecule has 0 atom stereocenters. The van der Waals surface area contributed by atoms with Crippen molar-refractivity contribution in [2.75, 3.05) is 0 Å². The van der Waals surface area contributed by atoms with E-state index in [0.29, 0.717) is 5.56 Å². The second-order valence-electron chi connectivity index (χ2n) is 3.33. The van der Waals surface area contributed by atoms with Crippen molar-refractivity contribution in [2.45, 2.75) is 0 Å². The maximum atomic E-state index is 12.1. The molecule has 0 radical (unpaired) electrons. The van der Waals surface area contributed by atoms with Gasteiger partial charge in [-0.15, -0.1) is 0 Å². The van der Waals surface area contributed by atoms with Crippen LogP contribution in [0, 0.1) is 0 Å². The predicted octanol–water partition coefficient (Wildman–Crippen LogP) is 0.807. The van der Waals surface area contributed by atoms with E-state index in [9.17, 15) is 9.59 Å². The summed E-state index contributed by atoms with van der Waals surface area (Å²) in [6.07, 6.45) is 4.42. The van der Waals surface area contributed by atoms with Crippen LogP contribution in [0.1, 0.15) is 26.4 Å². The SMILES string of the molecule is NC(=O)c1cccnc1C(=O)c1cccnc1. The lowest BCUT2D eigenvalue weighted by Crippen LogP contribution is -2.18. The van der Waals surface area contributed by atoms with Gasteiger partial charge in [-0.05, 0) is 24.3 Å². The van der Waals surface area contributed by atoms with Gasteiger partial charge in [0.15, 0.2) is 0 Å². The maximum Gasteiger partial charge on any atom is 0.251 e. The van der Waals surface area contributed by atoms with Crippen LogP contribution in [0.2, 0.25) is 0 Å². The summed E-state index contributed by atoms with van der Waals surface area (Å²) in [5.74, 6) is -1.04. The summed E-state index contributed by atoms with van der Waals surface area (Å²) in [5.41, 5.74) is 5.71. The zero-order valence-corrected chi connectivity index (χ0v) is 8.83. The molecule has 17 heavy (non-hydrogen) atoms.